The van der Waals surface area contributed by atoms with Crippen LogP contribution in [0.25, 0.3) is 0 Å². The third-order valence-electron chi connectivity index (χ3n) is 2.34. The molecule has 0 aromatic carbocycles. The molecule has 9 heteroatoms. The minimum absolute atomic E-state index is 0.452. The SMILES string of the molecule is NC(=O)OC(CCC(F)(F)F)CCC(F)(F)CCO. The van der Waals surface area contributed by atoms with E-state index in [0.717, 1.165) is 0 Å². The van der Waals surface area contributed by atoms with Gasteiger partial charge in [0.1, 0.15) is 6.10 Å². The molecule has 0 aromatic rings. The number of alkyl halides is 5. The van der Waals surface area contributed by atoms with E-state index in [4.69, 9.17) is 5.11 Å². The Kier molecular flexibility index (Phi) is 7.02. The fraction of sp³-hybridized carbons (Fsp3) is 0.900. The maximum Gasteiger partial charge on any atom is 0.404 e. The van der Waals surface area contributed by atoms with Crippen molar-refractivity contribution in [2.24, 2.45) is 5.73 Å². The molecule has 1 unspecified atom stereocenters. The zero-order valence-electron chi connectivity index (χ0n) is 10.1. The summed E-state index contributed by atoms with van der Waals surface area (Å²) >= 11 is 0. The van der Waals surface area contributed by atoms with E-state index in [-0.39, 0.29) is 0 Å². The molecule has 0 radical (unpaired) electrons. The van der Waals surface area contributed by atoms with Gasteiger partial charge in [0, 0.05) is 25.9 Å². The third kappa shape index (κ3) is 10.5. The Morgan fingerprint density at radius 3 is 2.05 bits per heavy atom. The summed E-state index contributed by atoms with van der Waals surface area (Å²) in [4.78, 5) is 10.5. The van der Waals surface area contributed by atoms with E-state index in [0.29, 0.717) is 0 Å². The highest BCUT2D eigenvalue weighted by molar-refractivity contribution is 5.64. The second-order valence-electron chi connectivity index (χ2n) is 4.08. The Morgan fingerprint density at radius 1 is 1.11 bits per heavy atom. The predicted octanol–water partition coefficient (Wildman–Crippen LogP) is 2.59. The number of halogens is 5. The van der Waals surface area contributed by atoms with E-state index in [1.165, 1.54) is 0 Å². The highest BCUT2D eigenvalue weighted by Gasteiger charge is 2.32. The van der Waals surface area contributed by atoms with Crippen LogP contribution in [0.15, 0.2) is 0 Å². The van der Waals surface area contributed by atoms with E-state index < -0.39 is 63.0 Å². The number of nitrogens with two attached hydrogens (primary N) is 1. The summed E-state index contributed by atoms with van der Waals surface area (Å²) in [6.45, 7) is -0.739. The number of hydrogen-bond acceptors (Lipinski definition) is 3. The smallest absolute Gasteiger partial charge is 0.404 e. The summed E-state index contributed by atoms with van der Waals surface area (Å²) in [5.74, 6) is -3.22. The van der Waals surface area contributed by atoms with Gasteiger partial charge in [-0.05, 0) is 12.8 Å². The number of rotatable bonds is 8. The zero-order chi connectivity index (χ0) is 15.1. The summed E-state index contributed by atoms with van der Waals surface area (Å²) in [5.41, 5.74) is 4.66. The van der Waals surface area contributed by atoms with Gasteiger partial charge in [-0.2, -0.15) is 13.2 Å². The number of aliphatic hydroxyl groups is 1. The largest absolute Gasteiger partial charge is 0.446 e. The average Bonchev–Trinajstić information content (AvgIpc) is 2.20. The van der Waals surface area contributed by atoms with Crippen LogP contribution in [0.2, 0.25) is 0 Å². The average molecular weight is 293 g/mol. The van der Waals surface area contributed by atoms with Crippen molar-refractivity contribution in [1.82, 2.24) is 0 Å². The Hall–Kier alpha value is -1.12. The fourth-order valence-corrected chi connectivity index (χ4v) is 1.41. The van der Waals surface area contributed by atoms with Crippen molar-refractivity contribution in [3.05, 3.63) is 0 Å². The molecule has 0 aliphatic rings. The highest BCUT2D eigenvalue weighted by Crippen LogP contribution is 2.29. The molecule has 0 spiro atoms. The quantitative estimate of drug-likeness (QED) is 0.676. The summed E-state index contributed by atoms with van der Waals surface area (Å²) < 4.78 is 66.4. The van der Waals surface area contributed by atoms with E-state index in [2.05, 4.69) is 10.5 Å². The van der Waals surface area contributed by atoms with Gasteiger partial charge in [0.05, 0.1) is 0 Å². The van der Waals surface area contributed by atoms with E-state index in [9.17, 15) is 26.7 Å². The molecule has 0 saturated carbocycles. The Bertz CT molecular complexity index is 283. The van der Waals surface area contributed by atoms with Crippen molar-refractivity contribution < 1.29 is 36.6 Å². The van der Waals surface area contributed by atoms with Crippen LogP contribution in [0.3, 0.4) is 0 Å². The minimum atomic E-state index is -4.47. The van der Waals surface area contributed by atoms with Crippen molar-refractivity contribution in [2.45, 2.75) is 50.3 Å². The Morgan fingerprint density at radius 2 is 1.63 bits per heavy atom. The second-order valence-corrected chi connectivity index (χ2v) is 4.08. The first kappa shape index (κ1) is 17.9. The Balaban J connectivity index is 4.31. The van der Waals surface area contributed by atoms with Gasteiger partial charge in [-0.15, -0.1) is 0 Å². The minimum Gasteiger partial charge on any atom is -0.446 e. The number of ether oxygens (including phenoxy) is 1. The van der Waals surface area contributed by atoms with Crippen molar-refractivity contribution in [3.8, 4) is 0 Å². The summed E-state index contributed by atoms with van der Waals surface area (Å²) in [5, 5.41) is 8.39. The monoisotopic (exact) mass is 293 g/mol. The van der Waals surface area contributed by atoms with Crippen molar-refractivity contribution >= 4 is 6.09 Å². The lowest BCUT2D eigenvalue weighted by atomic mass is 10.0. The molecule has 0 fully saturated rings. The summed E-state index contributed by atoms with van der Waals surface area (Å²) in [6, 6.07) is 0. The topological polar surface area (TPSA) is 72.6 Å². The van der Waals surface area contributed by atoms with Gasteiger partial charge in [-0.1, -0.05) is 0 Å². The molecule has 0 aromatic heterocycles. The summed E-state index contributed by atoms with van der Waals surface area (Å²) in [6.07, 6.45) is -11.0. The van der Waals surface area contributed by atoms with Gasteiger partial charge in [0.15, 0.2) is 0 Å². The van der Waals surface area contributed by atoms with Crippen LogP contribution in [-0.2, 0) is 4.74 Å². The molecule has 3 N–H and O–H groups in total. The first-order valence-corrected chi connectivity index (χ1v) is 5.57. The molecule has 0 bridgehead atoms. The number of hydrogen-bond donors (Lipinski definition) is 2. The molecule has 0 saturated heterocycles. The van der Waals surface area contributed by atoms with Gasteiger partial charge < -0.3 is 15.6 Å². The lowest BCUT2D eigenvalue weighted by molar-refractivity contribution is -0.140. The molecule has 0 heterocycles. The molecule has 4 nitrogen and oxygen atoms in total. The van der Waals surface area contributed by atoms with Crippen LogP contribution in [-0.4, -0.2) is 36.0 Å². The molecule has 1 amide bonds. The van der Waals surface area contributed by atoms with Crippen LogP contribution in [0.4, 0.5) is 26.7 Å². The van der Waals surface area contributed by atoms with Gasteiger partial charge in [0.2, 0.25) is 0 Å². The van der Waals surface area contributed by atoms with E-state index in [1.54, 1.807) is 0 Å². The van der Waals surface area contributed by atoms with Crippen molar-refractivity contribution in [1.29, 1.82) is 0 Å². The number of amides is 1. The van der Waals surface area contributed by atoms with E-state index >= 15 is 0 Å². The molecular formula is C10H16F5NO3. The number of aliphatic hydroxyl groups excluding tert-OH is 1. The van der Waals surface area contributed by atoms with Gasteiger partial charge in [-0.25, -0.2) is 13.6 Å². The number of carbonyl (C=O) groups excluding carboxylic acids is 1. The molecule has 0 aliphatic carbocycles. The van der Waals surface area contributed by atoms with Crippen molar-refractivity contribution in [2.75, 3.05) is 6.61 Å². The van der Waals surface area contributed by atoms with Gasteiger partial charge >= 0.3 is 12.3 Å². The Labute approximate surface area is 106 Å². The third-order valence-corrected chi connectivity index (χ3v) is 2.34. The first-order valence-electron chi connectivity index (χ1n) is 5.57. The van der Waals surface area contributed by atoms with Crippen LogP contribution in [0.5, 0.6) is 0 Å². The molecule has 114 valence electrons. The molecule has 1 atom stereocenters. The molecule has 0 rings (SSSR count). The zero-order valence-corrected chi connectivity index (χ0v) is 10.1. The second kappa shape index (κ2) is 7.46. The van der Waals surface area contributed by atoms with Crippen LogP contribution < -0.4 is 5.73 Å². The van der Waals surface area contributed by atoms with Crippen LogP contribution >= 0.6 is 0 Å². The molecular weight excluding hydrogens is 277 g/mol. The molecule has 0 aliphatic heterocycles. The van der Waals surface area contributed by atoms with Crippen LogP contribution in [0, 0.1) is 0 Å². The van der Waals surface area contributed by atoms with Gasteiger partial charge in [-0.3, -0.25) is 0 Å². The predicted molar refractivity (Wildman–Crippen MR) is 55.6 cm³/mol. The summed E-state index contributed by atoms with van der Waals surface area (Å²) in [7, 11) is 0. The maximum absolute atomic E-state index is 13.0. The highest BCUT2D eigenvalue weighted by atomic mass is 19.4. The first-order chi connectivity index (χ1) is 8.56. The standard InChI is InChI=1S/C10H16F5NO3/c11-9(12,5-6-17)3-1-7(19-8(16)18)2-4-10(13,14)15/h7,17H,1-6H2,(H2,16,18). The maximum atomic E-state index is 13.0. The van der Waals surface area contributed by atoms with Crippen molar-refractivity contribution in [3.63, 3.8) is 0 Å². The lowest BCUT2D eigenvalue weighted by Crippen LogP contribution is -2.27. The van der Waals surface area contributed by atoms with Crippen LogP contribution in [0.1, 0.15) is 32.1 Å². The van der Waals surface area contributed by atoms with Gasteiger partial charge in [0.25, 0.3) is 5.92 Å². The molecule has 19 heavy (non-hydrogen) atoms. The normalized spacial score (nSPS) is 14.2. The number of primary amides is 1. The lowest BCUT2D eigenvalue weighted by Gasteiger charge is -2.21. The number of carbonyl (C=O) groups is 1. The van der Waals surface area contributed by atoms with E-state index in [1.807, 2.05) is 0 Å². The fourth-order valence-electron chi connectivity index (χ4n) is 1.41.